The van der Waals surface area contributed by atoms with Gasteiger partial charge in [0.05, 0.1) is 7.11 Å². The number of benzene rings is 1. The van der Waals surface area contributed by atoms with Crippen molar-refractivity contribution in [3.63, 3.8) is 0 Å². The monoisotopic (exact) mass is 345 g/mol. The third-order valence-corrected chi connectivity index (χ3v) is 3.68. The third kappa shape index (κ3) is 4.32. The van der Waals surface area contributed by atoms with Crippen molar-refractivity contribution in [2.45, 2.75) is 20.0 Å². The van der Waals surface area contributed by atoms with E-state index in [0.29, 0.717) is 12.3 Å². The van der Waals surface area contributed by atoms with Crippen LogP contribution in [-0.2, 0) is 0 Å². The molecule has 3 N–H and O–H groups in total. The number of carbonyl (C=O) groups is 2. The summed E-state index contributed by atoms with van der Waals surface area (Å²) in [4.78, 5) is 26.9. The fourth-order valence-electron chi connectivity index (χ4n) is 2.35. The zero-order chi connectivity index (χ0) is 18.4. The van der Waals surface area contributed by atoms with Crippen molar-refractivity contribution in [1.29, 1.82) is 0 Å². The second kappa shape index (κ2) is 8.23. The van der Waals surface area contributed by atoms with E-state index in [1.807, 2.05) is 38.1 Å². The lowest BCUT2D eigenvalue weighted by atomic mass is 10.1. The summed E-state index contributed by atoms with van der Waals surface area (Å²) in [5.41, 5.74) is 1.37. The molecule has 0 aliphatic rings. The number of H-pyrrole nitrogens is 1. The van der Waals surface area contributed by atoms with Crippen molar-refractivity contribution in [1.82, 2.24) is 15.6 Å². The van der Waals surface area contributed by atoms with Crippen LogP contribution in [-0.4, -0.2) is 37.5 Å². The lowest BCUT2D eigenvalue weighted by molar-refractivity contribution is 0.0951. The third-order valence-electron chi connectivity index (χ3n) is 3.68. The number of rotatable bonds is 7. The van der Waals surface area contributed by atoms with Gasteiger partial charge in [-0.3, -0.25) is 9.59 Å². The highest BCUT2D eigenvalue weighted by Gasteiger charge is 2.21. The van der Waals surface area contributed by atoms with Crippen LogP contribution < -0.4 is 20.1 Å². The summed E-state index contributed by atoms with van der Waals surface area (Å²) in [5, 5.41) is 5.22. The van der Waals surface area contributed by atoms with Crippen LogP contribution in [0.25, 0.3) is 0 Å². The predicted molar refractivity (Wildman–Crippen MR) is 94.2 cm³/mol. The molecule has 1 aromatic carbocycles. The first-order valence-electron chi connectivity index (χ1n) is 8.04. The summed E-state index contributed by atoms with van der Waals surface area (Å²) in [6.45, 7) is 4.17. The molecule has 2 amide bonds. The molecule has 0 fully saturated rings. The first-order valence-corrected chi connectivity index (χ1v) is 8.04. The van der Waals surface area contributed by atoms with Gasteiger partial charge in [0.1, 0.15) is 23.2 Å². The molecule has 0 bridgehead atoms. The number of nitrogens with one attached hydrogen (secondary N) is 3. The molecular weight excluding hydrogens is 322 g/mol. The summed E-state index contributed by atoms with van der Waals surface area (Å²) in [6.07, 6.45) is -0.337. The SMILES string of the molecule is CCNC(=O)c1cc(O[C@H](C)c2cccc(OC)c2)c(C(=O)NC)[nH]1. The number of carbonyl (C=O) groups excluding carboxylic acids is 2. The van der Waals surface area contributed by atoms with Gasteiger partial charge < -0.3 is 25.1 Å². The Kier molecular flexibility index (Phi) is 6.05. The van der Waals surface area contributed by atoms with E-state index in [2.05, 4.69) is 15.6 Å². The van der Waals surface area contributed by atoms with Gasteiger partial charge in [0.25, 0.3) is 11.8 Å². The Morgan fingerprint density at radius 1 is 1.24 bits per heavy atom. The normalized spacial score (nSPS) is 11.5. The van der Waals surface area contributed by atoms with Gasteiger partial charge in [-0.15, -0.1) is 0 Å². The molecule has 2 rings (SSSR count). The Hall–Kier alpha value is -2.96. The summed E-state index contributed by atoms with van der Waals surface area (Å²) < 4.78 is 11.2. The first kappa shape index (κ1) is 18.4. The van der Waals surface area contributed by atoms with Crippen LogP contribution in [0.2, 0.25) is 0 Å². The molecule has 1 heterocycles. The number of amides is 2. The Balaban J connectivity index is 2.29. The zero-order valence-corrected chi connectivity index (χ0v) is 14.8. The Morgan fingerprint density at radius 3 is 2.64 bits per heavy atom. The van der Waals surface area contributed by atoms with Crippen molar-refractivity contribution in [3.8, 4) is 11.5 Å². The van der Waals surface area contributed by atoms with Gasteiger partial charge in [-0.25, -0.2) is 0 Å². The average molecular weight is 345 g/mol. The van der Waals surface area contributed by atoms with E-state index in [9.17, 15) is 9.59 Å². The highest BCUT2D eigenvalue weighted by molar-refractivity contribution is 5.99. The molecule has 0 saturated carbocycles. The van der Waals surface area contributed by atoms with Gasteiger partial charge in [-0.05, 0) is 31.5 Å². The van der Waals surface area contributed by atoms with E-state index in [-0.39, 0.29) is 29.3 Å². The Labute approximate surface area is 146 Å². The van der Waals surface area contributed by atoms with Crippen LogP contribution in [0.1, 0.15) is 46.5 Å². The number of hydrogen-bond donors (Lipinski definition) is 3. The molecule has 7 heteroatoms. The van der Waals surface area contributed by atoms with Crippen LogP contribution in [0.15, 0.2) is 30.3 Å². The second-order valence-electron chi connectivity index (χ2n) is 5.40. The molecule has 0 radical (unpaired) electrons. The molecule has 25 heavy (non-hydrogen) atoms. The lowest BCUT2D eigenvalue weighted by Gasteiger charge is -2.15. The van der Waals surface area contributed by atoms with Crippen molar-refractivity contribution in [2.24, 2.45) is 0 Å². The van der Waals surface area contributed by atoms with Crippen LogP contribution in [0.5, 0.6) is 11.5 Å². The van der Waals surface area contributed by atoms with E-state index < -0.39 is 0 Å². The predicted octanol–water partition coefficient (Wildman–Crippen LogP) is 2.27. The number of ether oxygens (including phenoxy) is 2. The molecule has 2 aromatic rings. The maximum Gasteiger partial charge on any atom is 0.271 e. The van der Waals surface area contributed by atoms with Gasteiger partial charge in [-0.2, -0.15) is 0 Å². The minimum atomic E-state index is -0.358. The minimum absolute atomic E-state index is 0.207. The van der Waals surface area contributed by atoms with Crippen molar-refractivity contribution < 1.29 is 19.1 Å². The Morgan fingerprint density at radius 2 is 2.00 bits per heavy atom. The number of aromatic amines is 1. The molecule has 134 valence electrons. The summed E-state index contributed by atoms with van der Waals surface area (Å²) in [7, 11) is 3.11. The van der Waals surface area contributed by atoms with Gasteiger partial charge in [0, 0.05) is 19.7 Å². The molecule has 0 spiro atoms. The molecule has 1 aromatic heterocycles. The highest BCUT2D eigenvalue weighted by atomic mass is 16.5. The smallest absolute Gasteiger partial charge is 0.271 e. The maximum absolute atomic E-state index is 12.1. The van der Waals surface area contributed by atoms with Gasteiger partial charge in [0.2, 0.25) is 0 Å². The molecular formula is C18H23N3O4. The number of aromatic nitrogens is 1. The Bertz CT molecular complexity index is 755. The summed E-state index contributed by atoms with van der Waals surface area (Å²) >= 11 is 0. The summed E-state index contributed by atoms with van der Waals surface area (Å²) in [5.74, 6) is 0.382. The molecule has 0 unspecified atom stereocenters. The largest absolute Gasteiger partial charge is 0.497 e. The van der Waals surface area contributed by atoms with Crippen molar-refractivity contribution in [2.75, 3.05) is 20.7 Å². The minimum Gasteiger partial charge on any atom is -0.497 e. The van der Waals surface area contributed by atoms with Crippen LogP contribution in [0.4, 0.5) is 0 Å². The number of hydrogen-bond acceptors (Lipinski definition) is 4. The van der Waals surface area contributed by atoms with Gasteiger partial charge in [0.15, 0.2) is 5.75 Å². The topological polar surface area (TPSA) is 92.4 Å². The standard InChI is InChI=1S/C18H23N3O4/c1-5-20-17(22)14-10-15(16(21-14)18(23)19-3)25-11(2)12-7-6-8-13(9-12)24-4/h6-11,21H,5H2,1-4H3,(H,19,23)(H,20,22)/t11-/m1/s1. The van der Waals surface area contributed by atoms with Crippen molar-refractivity contribution in [3.05, 3.63) is 47.3 Å². The molecule has 1 atom stereocenters. The quantitative estimate of drug-likeness (QED) is 0.718. The highest BCUT2D eigenvalue weighted by Crippen LogP contribution is 2.28. The first-order chi connectivity index (χ1) is 12.0. The van der Waals surface area contributed by atoms with E-state index in [1.54, 1.807) is 7.11 Å². The lowest BCUT2D eigenvalue weighted by Crippen LogP contribution is -2.23. The fraction of sp³-hybridized carbons (Fsp3) is 0.333. The van der Waals surface area contributed by atoms with Crippen LogP contribution in [0.3, 0.4) is 0 Å². The zero-order valence-electron chi connectivity index (χ0n) is 14.8. The van der Waals surface area contributed by atoms with E-state index in [1.165, 1.54) is 13.1 Å². The molecule has 0 aliphatic heterocycles. The molecule has 0 saturated heterocycles. The maximum atomic E-state index is 12.1. The van der Waals surface area contributed by atoms with Gasteiger partial charge in [-0.1, -0.05) is 12.1 Å². The summed E-state index contributed by atoms with van der Waals surface area (Å²) in [6, 6.07) is 9.01. The molecule has 7 nitrogen and oxygen atoms in total. The van der Waals surface area contributed by atoms with Crippen LogP contribution in [0, 0.1) is 0 Å². The van der Waals surface area contributed by atoms with E-state index in [4.69, 9.17) is 9.47 Å². The number of methoxy groups -OCH3 is 1. The molecule has 0 aliphatic carbocycles. The van der Waals surface area contributed by atoms with E-state index in [0.717, 1.165) is 11.3 Å². The fourth-order valence-corrected chi connectivity index (χ4v) is 2.35. The van der Waals surface area contributed by atoms with Crippen LogP contribution >= 0.6 is 0 Å². The van der Waals surface area contributed by atoms with E-state index >= 15 is 0 Å². The van der Waals surface area contributed by atoms with Gasteiger partial charge >= 0.3 is 0 Å². The second-order valence-corrected chi connectivity index (χ2v) is 5.40. The average Bonchev–Trinajstić information content (AvgIpc) is 3.05. The van der Waals surface area contributed by atoms with Crippen molar-refractivity contribution >= 4 is 11.8 Å².